The van der Waals surface area contributed by atoms with Crippen LogP contribution in [-0.2, 0) is 10.8 Å². The third-order valence-corrected chi connectivity index (χ3v) is 13.9. The maximum Gasteiger partial charge on any atom is 0.160 e. The van der Waals surface area contributed by atoms with Crippen molar-refractivity contribution in [2.24, 2.45) is 0 Å². The predicted octanol–water partition coefficient (Wildman–Crippen LogP) is 14.1. The van der Waals surface area contributed by atoms with Crippen LogP contribution >= 0.6 is 0 Å². The summed E-state index contributed by atoms with van der Waals surface area (Å²) in [4.78, 5) is 10.2. The normalized spacial score (nSPS) is 15.9. The number of rotatable bonds is 4. The highest BCUT2D eigenvalue weighted by Gasteiger charge is 2.60. The Morgan fingerprint density at radius 1 is 0.444 bits per heavy atom. The molecule has 1 unspecified atom stereocenters. The first-order valence-corrected chi connectivity index (χ1v) is 21.8. The van der Waals surface area contributed by atoms with Crippen molar-refractivity contribution in [3.8, 4) is 56.2 Å². The second-order valence-electron chi connectivity index (χ2n) is 17.0. The summed E-state index contributed by atoms with van der Waals surface area (Å²) in [5.74, 6) is 0.708. The zero-order valence-electron chi connectivity index (χ0n) is 34.4. The van der Waals surface area contributed by atoms with Gasteiger partial charge in [0.2, 0.25) is 0 Å². The van der Waals surface area contributed by atoms with E-state index in [-0.39, 0.29) is 0 Å². The van der Waals surface area contributed by atoms with Gasteiger partial charge in [-0.3, -0.25) is 0 Å². The molecule has 1 atom stereocenters. The third kappa shape index (κ3) is 5.03. The molecule has 292 valence electrons. The van der Waals surface area contributed by atoms with Gasteiger partial charge < -0.3 is 0 Å². The Hall–Kier alpha value is -8.12. The smallest absolute Gasteiger partial charge is 0.160 e. The average Bonchev–Trinajstić information content (AvgIpc) is 3.82. The van der Waals surface area contributed by atoms with E-state index in [2.05, 4.69) is 212 Å². The first kappa shape index (κ1) is 35.6. The Morgan fingerprint density at radius 3 is 1.56 bits per heavy atom. The summed E-state index contributed by atoms with van der Waals surface area (Å²) >= 11 is 0. The minimum absolute atomic E-state index is 0.494. The van der Waals surface area contributed by atoms with Gasteiger partial charge in [-0.25, -0.2) is 9.97 Å². The molecule has 0 N–H and O–H groups in total. The summed E-state index contributed by atoms with van der Waals surface area (Å²) < 4.78 is 0. The summed E-state index contributed by atoms with van der Waals surface area (Å²) in [6.45, 7) is 0. The Bertz CT molecular complexity index is 3260. The van der Waals surface area contributed by atoms with E-state index in [1.54, 1.807) is 0 Å². The van der Waals surface area contributed by atoms with E-state index in [1.165, 1.54) is 72.4 Å². The van der Waals surface area contributed by atoms with E-state index in [0.717, 1.165) is 40.1 Å². The Balaban J connectivity index is 0.985. The minimum Gasteiger partial charge on any atom is -0.228 e. The topological polar surface area (TPSA) is 25.8 Å². The van der Waals surface area contributed by atoms with E-state index in [0.29, 0.717) is 5.82 Å². The van der Waals surface area contributed by atoms with E-state index < -0.39 is 10.8 Å². The molecule has 2 spiro atoms. The van der Waals surface area contributed by atoms with Crippen LogP contribution in [0.2, 0.25) is 0 Å². The van der Waals surface area contributed by atoms with Gasteiger partial charge >= 0.3 is 0 Å². The Kier molecular flexibility index (Phi) is 7.74. The fraction of sp³-hybridized carbons (Fsp3) is 0.0492. The summed E-state index contributed by atoms with van der Waals surface area (Å²) in [6, 6.07) is 79.5. The number of allylic oxidation sites excluding steroid dienone is 5. The van der Waals surface area contributed by atoms with Crippen LogP contribution in [0.15, 0.2) is 229 Å². The minimum atomic E-state index is -0.552. The molecule has 63 heavy (non-hydrogen) atoms. The van der Waals surface area contributed by atoms with E-state index in [1.807, 2.05) is 18.2 Å². The van der Waals surface area contributed by atoms with Crippen molar-refractivity contribution in [2.75, 3.05) is 0 Å². The maximum atomic E-state index is 5.10. The van der Waals surface area contributed by atoms with Gasteiger partial charge in [0.25, 0.3) is 0 Å². The quantitative estimate of drug-likeness (QED) is 0.177. The molecular weight excluding hydrogens is 761 g/mol. The van der Waals surface area contributed by atoms with Crippen LogP contribution in [0.5, 0.6) is 0 Å². The number of fused-ring (bicyclic) bond motifs is 15. The molecular formula is C61H38N2. The van der Waals surface area contributed by atoms with Crippen LogP contribution in [0.25, 0.3) is 62.2 Å². The highest BCUT2D eigenvalue weighted by Crippen LogP contribution is 2.68. The zero-order valence-corrected chi connectivity index (χ0v) is 34.4. The molecule has 4 aliphatic rings. The van der Waals surface area contributed by atoms with Gasteiger partial charge in [0, 0.05) is 22.3 Å². The monoisotopic (exact) mass is 798 g/mol. The van der Waals surface area contributed by atoms with Gasteiger partial charge in [-0.05, 0) is 97.0 Å². The molecule has 2 heteroatoms. The first-order valence-electron chi connectivity index (χ1n) is 21.8. The summed E-state index contributed by atoms with van der Waals surface area (Å²) in [5.41, 5.74) is 22.0. The van der Waals surface area contributed by atoms with Crippen molar-refractivity contribution >= 4 is 6.08 Å². The molecule has 0 amide bonds. The molecule has 0 radical (unpaired) electrons. The lowest BCUT2D eigenvalue weighted by atomic mass is 9.51. The number of hydrogen-bond acceptors (Lipinski definition) is 2. The summed E-state index contributed by atoms with van der Waals surface area (Å²) in [6.07, 6.45) is 7.96. The summed E-state index contributed by atoms with van der Waals surface area (Å²) in [5, 5.41) is 0. The Morgan fingerprint density at radius 2 is 0.952 bits per heavy atom. The lowest BCUT2D eigenvalue weighted by Gasteiger charge is -2.50. The van der Waals surface area contributed by atoms with Gasteiger partial charge in [0.05, 0.1) is 22.2 Å². The van der Waals surface area contributed by atoms with Gasteiger partial charge in [-0.1, -0.05) is 212 Å². The summed E-state index contributed by atoms with van der Waals surface area (Å²) in [7, 11) is 0. The number of benzene rings is 7. The fourth-order valence-electron chi connectivity index (χ4n) is 11.4. The van der Waals surface area contributed by atoms with Gasteiger partial charge in [-0.15, -0.1) is 0 Å². The standard InChI is InChI=1S/C61H38N2/c1-3-17-42(18-4-1)57-39-58(43-19-5-2-6-20-43)63-59(62-57)44-34-31-40(32-35-44)37-41-33-36-55-56(38-41)61(51-27-13-9-23-47(51)48-24-10-14-28-52(48)61)54-30-16-15-29-53(54)60(55)49-25-11-7-21-45(49)46-22-8-12-26-50(46)60/h1-11,13-25,27-37,39H,38H2/b41-37-. The molecule has 13 rings (SSSR count). The van der Waals surface area contributed by atoms with Crippen molar-refractivity contribution < 1.29 is 0 Å². The Labute approximate surface area is 368 Å². The molecule has 1 heterocycles. The van der Waals surface area contributed by atoms with Crippen molar-refractivity contribution in [3.63, 3.8) is 0 Å². The van der Waals surface area contributed by atoms with Crippen molar-refractivity contribution in [1.82, 2.24) is 9.97 Å². The van der Waals surface area contributed by atoms with Crippen molar-refractivity contribution in [3.05, 3.63) is 280 Å². The SMILES string of the molecule is c1ccc2c(c#1)C1(C3=C(C/C(=C\c4ccc(-c5nc(-c6ccccc6)cc(-c6ccccc6)n5)cc4)C=C3)C3(c4ccccc4-c4ccccc43)c3ccccc31)c1ccccc1-2. The number of nitrogens with zero attached hydrogens (tertiary/aromatic N) is 2. The van der Waals surface area contributed by atoms with Crippen LogP contribution < -0.4 is 0 Å². The zero-order chi connectivity index (χ0) is 41.5. The van der Waals surface area contributed by atoms with Crippen LogP contribution in [0.4, 0.5) is 0 Å². The van der Waals surface area contributed by atoms with Crippen molar-refractivity contribution in [1.29, 1.82) is 0 Å². The van der Waals surface area contributed by atoms with E-state index >= 15 is 0 Å². The lowest BCUT2D eigenvalue weighted by molar-refractivity contribution is 0.606. The molecule has 0 saturated heterocycles. The molecule has 0 bridgehead atoms. The molecule has 2 nitrogen and oxygen atoms in total. The van der Waals surface area contributed by atoms with Gasteiger partial charge in [0.1, 0.15) is 0 Å². The first-order chi connectivity index (χ1) is 31.2. The van der Waals surface area contributed by atoms with Crippen LogP contribution in [0.1, 0.15) is 45.4 Å². The van der Waals surface area contributed by atoms with Crippen LogP contribution in [-0.4, -0.2) is 9.97 Å². The largest absolute Gasteiger partial charge is 0.228 e. The van der Waals surface area contributed by atoms with Crippen LogP contribution in [0.3, 0.4) is 0 Å². The van der Waals surface area contributed by atoms with Crippen molar-refractivity contribution in [2.45, 2.75) is 17.3 Å². The molecule has 1 aromatic heterocycles. The highest BCUT2D eigenvalue weighted by molar-refractivity contribution is 5.94. The average molecular weight is 799 g/mol. The second-order valence-corrected chi connectivity index (χ2v) is 17.0. The second kappa shape index (κ2) is 13.7. The number of hydrogen-bond donors (Lipinski definition) is 0. The number of aromatic nitrogens is 2. The van der Waals surface area contributed by atoms with Gasteiger partial charge in [-0.2, -0.15) is 0 Å². The van der Waals surface area contributed by atoms with Gasteiger partial charge in [0.15, 0.2) is 5.82 Å². The fourth-order valence-corrected chi connectivity index (χ4v) is 11.4. The predicted molar refractivity (Wildman–Crippen MR) is 255 cm³/mol. The third-order valence-electron chi connectivity index (χ3n) is 13.9. The molecule has 4 aliphatic carbocycles. The van der Waals surface area contributed by atoms with E-state index in [9.17, 15) is 0 Å². The lowest BCUT2D eigenvalue weighted by Crippen LogP contribution is -2.44. The highest BCUT2D eigenvalue weighted by atomic mass is 14.9. The molecule has 0 aliphatic heterocycles. The molecule has 8 aromatic carbocycles. The maximum absolute atomic E-state index is 5.10. The van der Waals surface area contributed by atoms with Crippen LogP contribution in [0, 0.1) is 12.1 Å². The molecule has 0 saturated carbocycles. The molecule has 9 aromatic rings. The van der Waals surface area contributed by atoms with E-state index in [4.69, 9.17) is 9.97 Å². The molecule has 0 fully saturated rings.